The standard InChI is InChI=1S/C15H15F3N2O2/c1-2-5-22-12-4-3-8(6-11(12)15(16,17)18)13-9-7-10(9)14(21)20-19-13/h3-4,6,9-10H,2,5,7H2,1H3,(H,20,21)/t9-,10+/m1/s1. The van der Waals surface area contributed by atoms with Crippen molar-refractivity contribution in [3.05, 3.63) is 29.3 Å². The van der Waals surface area contributed by atoms with Gasteiger partial charge in [-0.2, -0.15) is 18.3 Å². The first-order chi connectivity index (χ1) is 10.4. The number of carbonyl (C=O) groups excluding carboxylic acids is 1. The van der Waals surface area contributed by atoms with Gasteiger partial charge in [-0.3, -0.25) is 4.79 Å². The Labute approximate surface area is 125 Å². The van der Waals surface area contributed by atoms with Gasteiger partial charge in [0.2, 0.25) is 5.91 Å². The lowest BCUT2D eigenvalue weighted by Crippen LogP contribution is -2.29. The third-order valence-electron chi connectivity index (χ3n) is 3.81. The van der Waals surface area contributed by atoms with Crippen molar-refractivity contribution >= 4 is 11.6 Å². The zero-order valence-electron chi connectivity index (χ0n) is 11.9. The minimum absolute atomic E-state index is 0.0720. The lowest BCUT2D eigenvalue weighted by atomic mass is 10.0. The monoisotopic (exact) mass is 312 g/mol. The number of hydrogen-bond acceptors (Lipinski definition) is 3. The fraction of sp³-hybridized carbons (Fsp3) is 0.467. The maximum atomic E-state index is 13.2. The van der Waals surface area contributed by atoms with Gasteiger partial charge in [-0.1, -0.05) is 6.92 Å². The molecule has 22 heavy (non-hydrogen) atoms. The van der Waals surface area contributed by atoms with E-state index in [1.807, 2.05) is 6.92 Å². The Bertz CT molecular complexity index is 640. The molecule has 0 aromatic heterocycles. The highest BCUT2D eigenvalue weighted by atomic mass is 19.4. The molecule has 0 spiro atoms. The fourth-order valence-electron chi connectivity index (χ4n) is 2.60. The number of alkyl halides is 3. The van der Waals surface area contributed by atoms with Crippen LogP contribution in [-0.2, 0) is 11.0 Å². The average Bonchev–Trinajstić information content (AvgIpc) is 3.26. The molecule has 1 saturated carbocycles. The molecule has 1 fully saturated rings. The van der Waals surface area contributed by atoms with Gasteiger partial charge in [0.25, 0.3) is 0 Å². The SMILES string of the molecule is CCCOc1ccc(C2=NNC(=O)[C@H]3C[C@@H]23)cc1C(F)(F)F. The molecule has 0 unspecified atom stereocenters. The maximum absolute atomic E-state index is 13.2. The molecule has 1 N–H and O–H groups in total. The van der Waals surface area contributed by atoms with E-state index in [2.05, 4.69) is 10.5 Å². The van der Waals surface area contributed by atoms with Crippen LogP contribution in [-0.4, -0.2) is 18.2 Å². The highest BCUT2D eigenvalue weighted by molar-refractivity contribution is 6.09. The van der Waals surface area contributed by atoms with Crippen LogP contribution in [0.25, 0.3) is 0 Å². The Balaban J connectivity index is 1.95. The first-order valence-corrected chi connectivity index (χ1v) is 7.13. The van der Waals surface area contributed by atoms with Crippen LogP contribution < -0.4 is 10.2 Å². The number of hydrogen-bond donors (Lipinski definition) is 1. The van der Waals surface area contributed by atoms with Crippen LogP contribution in [0.1, 0.15) is 30.9 Å². The number of fused-ring (bicyclic) bond motifs is 1. The first kappa shape index (κ1) is 14.9. The Morgan fingerprint density at radius 2 is 2.14 bits per heavy atom. The van der Waals surface area contributed by atoms with E-state index in [1.165, 1.54) is 6.07 Å². The van der Waals surface area contributed by atoms with Gasteiger partial charge in [-0.15, -0.1) is 0 Å². The molecule has 2 aliphatic rings. The molecule has 7 heteroatoms. The second kappa shape index (κ2) is 5.30. The summed E-state index contributed by atoms with van der Waals surface area (Å²) in [6.07, 6.45) is -3.23. The van der Waals surface area contributed by atoms with Crippen LogP contribution in [0, 0.1) is 11.8 Å². The lowest BCUT2D eigenvalue weighted by molar-refractivity contribution is -0.139. The van der Waals surface area contributed by atoms with Gasteiger partial charge in [0.05, 0.1) is 17.9 Å². The van der Waals surface area contributed by atoms with Crippen LogP contribution in [0.2, 0.25) is 0 Å². The zero-order valence-corrected chi connectivity index (χ0v) is 11.9. The minimum Gasteiger partial charge on any atom is -0.493 e. The smallest absolute Gasteiger partial charge is 0.419 e. The fourth-order valence-corrected chi connectivity index (χ4v) is 2.60. The van der Waals surface area contributed by atoms with Gasteiger partial charge in [-0.25, -0.2) is 5.43 Å². The molecule has 1 aromatic carbocycles. The van der Waals surface area contributed by atoms with E-state index in [-0.39, 0.29) is 30.1 Å². The molecule has 0 bridgehead atoms. The van der Waals surface area contributed by atoms with Gasteiger partial charge < -0.3 is 4.74 Å². The molecular formula is C15H15F3N2O2. The van der Waals surface area contributed by atoms with Gasteiger partial charge in [0.15, 0.2) is 0 Å². The van der Waals surface area contributed by atoms with E-state index in [0.29, 0.717) is 24.1 Å². The van der Waals surface area contributed by atoms with E-state index in [0.717, 1.165) is 6.07 Å². The number of nitrogens with one attached hydrogen (secondary N) is 1. The summed E-state index contributed by atoms with van der Waals surface area (Å²) in [6, 6.07) is 3.94. The molecule has 1 aliphatic carbocycles. The average molecular weight is 312 g/mol. The summed E-state index contributed by atoms with van der Waals surface area (Å²) in [5, 5.41) is 3.93. The Morgan fingerprint density at radius 1 is 1.36 bits per heavy atom. The molecular weight excluding hydrogens is 297 g/mol. The molecule has 1 aliphatic heterocycles. The number of nitrogens with zero attached hydrogens (tertiary/aromatic N) is 1. The molecule has 1 amide bonds. The predicted molar refractivity (Wildman–Crippen MR) is 73.5 cm³/mol. The quantitative estimate of drug-likeness (QED) is 0.929. The van der Waals surface area contributed by atoms with Crippen LogP contribution in [0.15, 0.2) is 23.3 Å². The predicted octanol–water partition coefficient (Wildman–Crippen LogP) is 2.96. The van der Waals surface area contributed by atoms with E-state index in [4.69, 9.17) is 4.74 Å². The summed E-state index contributed by atoms with van der Waals surface area (Å²) in [7, 11) is 0. The third kappa shape index (κ3) is 2.67. The number of carbonyl (C=O) groups is 1. The lowest BCUT2D eigenvalue weighted by Gasteiger charge is -2.17. The molecule has 1 aromatic rings. The molecule has 1 heterocycles. The van der Waals surface area contributed by atoms with E-state index >= 15 is 0 Å². The maximum Gasteiger partial charge on any atom is 0.419 e. The van der Waals surface area contributed by atoms with Crippen LogP contribution in [0.3, 0.4) is 0 Å². The van der Waals surface area contributed by atoms with Crippen molar-refractivity contribution < 1.29 is 22.7 Å². The van der Waals surface area contributed by atoms with Gasteiger partial charge in [-0.05, 0) is 36.6 Å². The Kier molecular flexibility index (Phi) is 3.58. The molecule has 0 saturated heterocycles. The molecule has 4 nitrogen and oxygen atoms in total. The first-order valence-electron chi connectivity index (χ1n) is 7.13. The highest BCUT2D eigenvalue weighted by Crippen LogP contribution is 2.44. The van der Waals surface area contributed by atoms with Crippen LogP contribution in [0.5, 0.6) is 5.75 Å². The summed E-state index contributed by atoms with van der Waals surface area (Å²) in [5.41, 5.74) is 2.45. The number of amides is 1. The van der Waals surface area contributed by atoms with Gasteiger partial charge >= 0.3 is 6.18 Å². The number of ether oxygens (including phenoxy) is 1. The molecule has 2 atom stereocenters. The molecule has 118 valence electrons. The van der Waals surface area contributed by atoms with Crippen molar-refractivity contribution in [1.29, 1.82) is 0 Å². The van der Waals surface area contributed by atoms with E-state index < -0.39 is 11.7 Å². The second-order valence-electron chi connectivity index (χ2n) is 5.48. The summed E-state index contributed by atoms with van der Waals surface area (Å²) >= 11 is 0. The van der Waals surface area contributed by atoms with Crippen molar-refractivity contribution in [2.45, 2.75) is 25.9 Å². The molecule has 0 radical (unpaired) electrons. The van der Waals surface area contributed by atoms with Crippen molar-refractivity contribution in [2.75, 3.05) is 6.61 Å². The van der Waals surface area contributed by atoms with E-state index in [9.17, 15) is 18.0 Å². The number of hydrazone groups is 1. The summed E-state index contributed by atoms with van der Waals surface area (Å²) in [6.45, 7) is 2.05. The number of halogens is 3. The number of rotatable bonds is 4. The summed E-state index contributed by atoms with van der Waals surface area (Å²) < 4.78 is 44.8. The van der Waals surface area contributed by atoms with Gasteiger partial charge in [0, 0.05) is 11.8 Å². The minimum atomic E-state index is -4.50. The third-order valence-corrected chi connectivity index (χ3v) is 3.81. The van der Waals surface area contributed by atoms with Crippen molar-refractivity contribution in [3.63, 3.8) is 0 Å². The Hall–Kier alpha value is -2.05. The van der Waals surface area contributed by atoms with Crippen molar-refractivity contribution in [2.24, 2.45) is 16.9 Å². The van der Waals surface area contributed by atoms with Crippen molar-refractivity contribution in [1.82, 2.24) is 5.43 Å². The van der Waals surface area contributed by atoms with Crippen LogP contribution >= 0.6 is 0 Å². The summed E-state index contributed by atoms with van der Waals surface area (Å²) in [5.74, 6) is -0.561. The van der Waals surface area contributed by atoms with E-state index in [1.54, 1.807) is 6.07 Å². The largest absolute Gasteiger partial charge is 0.493 e. The van der Waals surface area contributed by atoms with Crippen molar-refractivity contribution in [3.8, 4) is 5.75 Å². The zero-order chi connectivity index (χ0) is 15.9. The van der Waals surface area contributed by atoms with Crippen LogP contribution in [0.4, 0.5) is 13.2 Å². The van der Waals surface area contributed by atoms with Gasteiger partial charge in [0.1, 0.15) is 5.75 Å². The topological polar surface area (TPSA) is 50.7 Å². The molecule has 3 rings (SSSR count). The second-order valence-corrected chi connectivity index (χ2v) is 5.48. The normalized spacial score (nSPS) is 23.5. The number of benzene rings is 1. The summed E-state index contributed by atoms with van der Waals surface area (Å²) in [4.78, 5) is 11.4. The Morgan fingerprint density at radius 3 is 2.82 bits per heavy atom. The highest BCUT2D eigenvalue weighted by Gasteiger charge is 2.49.